The van der Waals surface area contributed by atoms with E-state index in [1.807, 2.05) is 38.1 Å². The molecule has 1 aromatic rings. The molecule has 3 rings (SSSR count). The zero-order valence-electron chi connectivity index (χ0n) is 17.7. The minimum atomic E-state index is -0.816. The van der Waals surface area contributed by atoms with Crippen LogP contribution in [0.15, 0.2) is 50.5 Å². The predicted molar refractivity (Wildman–Crippen MR) is 129 cm³/mol. The Hall–Kier alpha value is -2.36. The fourth-order valence-electron chi connectivity index (χ4n) is 3.38. The van der Waals surface area contributed by atoms with E-state index in [2.05, 4.69) is 0 Å². The predicted octanol–water partition coefficient (Wildman–Crippen LogP) is 4.46. The Labute approximate surface area is 194 Å². The fraction of sp³-hybridized carbons (Fsp3) is 0.273. The second-order valence-electron chi connectivity index (χ2n) is 7.09. The van der Waals surface area contributed by atoms with Crippen LogP contribution in [0.3, 0.4) is 0 Å². The maximum absolute atomic E-state index is 12.9. The van der Waals surface area contributed by atoms with Gasteiger partial charge in [0.05, 0.1) is 34.5 Å². The number of amides is 1. The van der Waals surface area contributed by atoms with E-state index in [9.17, 15) is 14.4 Å². The number of methoxy groups -OCH3 is 2. The third-order valence-electron chi connectivity index (χ3n) is 4.83. The number of para-hydroxylation sites is 1. The molecule has 0 atom stereocenters. The first-order chi connectivity index (χ1) is 14.7. The molecule has 6 nitrogen and oxygen atoms in total. The SMILES string of the molecule is C/C=C\C(=O)N1c2ccccc2C(=C2SC(C(=O)OC)=C(C(=O)OC)S2)C(=S)C1(C)C. The Morgan fingerprint density at radius 2 is 1.58 bits per heavy atom. The highest BCUT2D eigenvalue weighted by atomic mass is 32.2. The third kappa shape index (κ3) is 3.97. The van der Waals surface area contributed by atoms with Crippen molar-refractivity contribution in [2.24, 2.45) is 0 Å². The van der Waals surface area contributed by atoms with Crippen molar-refractivity contribution >= 4 is 69.7 Å². The number of thiocarbonyl (C=S) groups is 1. The molecule has 0 bridgehead atoms. The summed E-state index contributed by atoms with van der Waals surface area (Å²) in [4.78, 5) is 40.1. The van der Waals surface area contributed by atoms with Gasteiger partial charge in [-0.2, -0.15) is 0 Å². The van der Waals surface area contributed by atoms with Crippen molar-refractivity contribution in [3.05, 3.63) is 56.0 Å². The molecule has 0 aromatic heterocycles. The van der Waals surface area contributed by atoms with Crippen LogP contribution in [0.25, 0.3) is 5.57 Å². The van der Waals surface area contributed by atoms with Crippen molar-refractivity contribution in [2.75, 3.05) is 19.1 Å². The van der Waals surface area contributed by atoms with E-state index in [1.54, 1.807) is 17.9 Å². The quantitative estimate of drug-likeness (QED) is 0.360. The lowest BCUT2D eigenvalue weighted by atomic mass is 9.83. The van der Waals surface area contributed by atoms with Gasteiger partial charge < -0.3 is 9.47 Å². The van der Waals surface area contributed by atoms with E-state index >= 15 is 0 Å². The van der Waals surface area contributed by atoms with Crippen LogP contribution in [0.5, 0.6) is 0 Å². The first-order valence-corrected chi connectivity index (χ1v) is 11.3. The van der Waals surface area contributed by atoms with Gasteiger partial charge in [0.1, 0.15) is 9.81 Å². The molecular weight excluding hydrogens is 454 g/mol. The Morgan fingerprint density at radius 3 is 2.10 bits per heavy atom. The molecular formula is C22H21NO5S3. The van der Waals surface area contributed by atoms with Gasteiger partial charge in [0, 0.05) is 11.1 Å². The first-order valence-electron chi connectivity index (χ1n) is 9.31. The van der Waals surface area contributed by atoms with Gasteiger partial charge in [0.15, 0.2) is 0 Å². The molecule has 1 aromatic carbocycles. The molecule has 0 saturated heterocycles. The largest absolute Gasteiger partial charge is 0.465 e. The van der Waals surface area contributed by atoms with E-state index in [1.165, 1.54) is 20.3 Å². The maximum atomic E-state index is 12.9. The topological polar surface area (TPSA) is 72.9 Å². The summed E-state index contributed by atoms with van der Waals surface area (Å²) in [5.74, 6) is -1.41. The van der Waals surface area contributed by atoms with Crippen LogP contribution in [-0.4, -0.2) is 42.5 Å². The highest BCUT2D eigenvalue weighted by molar-refractivity contribution is 8.29. The van der Waals surface area contributed by atoms with Crippen LogP contribution >= 0.6 is 35.7 Å². The van der Waals surface area contributed by atoms with Gasteiger partial charge in [-0.3, -0.25) is 9.69 Å². The van der Waals surface area contributed by atoms with Gasteiger partial charge in [-0.25, -0.2) is 9.59 Å². The average molecular weight is 476 g/mol. The van der Waals surface area contributed by atoms with Crippen molar-refractivity contribution in [2.45, 2.75) is 26.3 Å². The fourth-order valence-corrected chi connectivity index (χ4v) is 6.41. The van der Waals surface area contributed by atoms with Gasteiger partial charge in [-0.1, -0.05) is 60.0 Å². The lowest BCUT2D eigenvalue weighted by Gasteiger charge is -2.44. The molecule has 2 aliphatic rings. The number of allylic oxidation sites excluding steroid dienone is 1. The normalized spacial score (nSPS) is 17.8. The Kier molecular flexibility index (Phi) is 6.78. The third-order valence-corrected chi connectivity index (χ3v) is 8.09. The number of hydrogen-bond donors (Lipinski definition) is 0. The lowest BCUT2D eigenvalue weighted by Crippen LogP contribution is -2.55. The molecule has 31 heavy (non-hydrogen) atoms. The number of esters is 2. The van der Waals surface area contributed by atoms with Gasteiger partial charge in [0.25, 0.3) is 5.91 Å². The van der Waals surface area contributed by atoms with E-state index in [0.717, 1.165) is 34.7 Å². The van der Waals surface area contributed by atoms with E-state index in [-0.39, 0.29) is 15.7 Å². The lowest BCUT2D eigenvalue weighted by molar-refractivity contribution is -0.138. The molecule has 9 heteroatoms. The highest BCUT2D eigenvalue weighted by Crippen LogP contribution is 2.56. The number of nitrogens with zero attached hydrogens (tertiary/aromatic N) is 1. The highest BCUT2D eigenvalue weighted by Gasteiger charge is 2.45. The summed E-state index contributed by atoms with van der Waals surface area (Å²) < 4.78 is 10.4. The van der Waals surface area contributed by atoms with E-state index in [4.69, 9.17) is 21.7 Å². The molecule has 2 aliphatic heterocycles. The van der Waals surface area contributed by atoms with Crippen molar-refractivity contribution in [3.8, 4) is 0 Å². The summed E-state index contributed by atoms with van der Waals surface area (Å²) in [5, 5.41) is 0. The monoisotopic (exact) mass is 475 g/mol. The summed E-state index contributed by atoms with van der Waals surface area (Å²) >= 11 is 8.13. The number of carbonyl (C=O) groups excluding carboxylic acids is 3. The molecule has 2 heterocycles. The molecule has 0 radical (unpaired) electrons. The van der Waals surface area contributed by atoms with Gasteiger partial charge in [-0.05, 0) is 32.9 Å². The smallest absolute Gasteiger partial charge is 0.346 e. The first kappa shape index (κ1) is 23.3. The van der Waals surface area contributed by atoms with Crippen LogP contribution in [0, 0.1) is 0 Å². The average Bonchev–Trinajstić information content (AvgIpc) is 3.18. The van der Waals surface area contributed by atoms with E-state index < -0.39 is 17.5 Å². The molecule has 0 saturated carbocycles. The number of benzene rings is 1. The van der Waals surface area contributed by atoms with Crippen LogP contribution in [0.1, 0.15) is 26.3 Å². The minimum Gasteiger partial charge on any atom is -0.465 e. The zero-order chi connectivity index (χ0) is 22.9. The summed E-state index contributed by atoms with van der Waals surface area (Å²) in [6.45, 7) is 5.55. The van der Waals surface area contributed by atoms with E-state index in [0.29, 0.717) is 14.8 Å². The number of carbonyl (C=O) groups is 3. The van der Waals surface area contributed by atoms with Crippen LogP contribution in [0.4, 0.5) is 5.69 Å². The van der Waals surface area contributed by atoms with Crippen LogP contribution in [0.2, 0.25) is 0 Å². The summed E-state index contributed by atoms with van der Waals surface area (Å²) in [5.41, 5.74) is 1.37. The Morgan fingerprint density at radius 1 is 1.03 bits per heavy atom. The number of rotatable bonds is 3. The zero-order valence-corrected chi connectivity index (χ0v) is 20.1. The molecule has 0 aliphatic carbocycles. The van der Waals surface area contributed by atoms with Gasteiger partial charge >= 0.3 is 11.9 Å². The van der Waals surface area contributed by atoms with Crippen molar-refractivity contribution in [3.63, 3.8) is 0 Å². The number of hydrogen-bond acceptors (Lipinski definition) is 8. The minimum absolute atomic E-state index is 0.160. The van der Waals surface area contributed by atoms with Crippen molar-refractivity contribution in [1.82, 2.24) is 0 Å². The Balaban J connectivity index is 2.22. The van der Waals surface area contributed by atoms with Crippen LogP contribution in [-0.2, 0) is 23.9 Å². The van der Waals surface area contributed by atoms with Crippen LogP contribution < -0.4 is 4.90 Å². The second-order valence-corrected chi connectivity index (χ2v) is 9.79. The molecule has 0 spiro atoms. The van der Waals surface area contributed by atoms with Gasteiger partial charge in [-0.15, -0.1) is 0 Å². The summed E-state index contributed by atoms with van der Waals surface area (Å²) in [6, 6.07) is 7.46. The summed E-state index contributed by atoms with van der Waals surface area (Å²) in [7, 11) is 2.52. The molecule has 1 amide bonds. The number of fused-ring (bicyclic) bond motifs is 1. The molecule has 0 N–H and O–H groups in total. The number of ether oxygens (including phenoxy) is 2. The molecule has 162 valence electrons. The van der Waals surface area contributed by atoms with Crippen molar-refractivity contribution in [1.29, 1.82) is 0 Å². The van der Waals surface area contributed by atoms with Crippen molar-refractivity contribution < 1.29 is 23.9 Å². The molecule has 0 unspecified atom stereocenters. The number of anilines is 1. The maximum Gasteiger partial charge on any atom is 0.346 e. The standard InChI is InChI=1S/C22H21NO5S3/c1-6-9-14(24)23-13-11-8-7-10-12(13)15(18(29)22(23,2)3)21-30-16(19(25)27-4)17(31-21)20(26)28-5/h6-11H,1-5H3/b9-6-. The molecule has 0 fully saturated rings. The Bertz CT molecular complexity index is 1050. The summed E-state index contributed by atoms with van der Waals surface area (Å²) in [6.07, 6.45) is 3.19. The second kappa shape index (κ2) is 9.02. The number of thioether (sulfide) groups is 2. The van der Waals surface area contributed by atoms with Gasteiger partial charge in [0.2, 0.25) is 0 Å².